The maximum atomic E-state index is 6.25. The van der Waals surface area contributed by atoms with E-state index in [1.807, 2.05) is 30.5 Å². The minimum atomic E-state index is 0.411. The Morgan fingerprint density at radius 2 is 1.76 bits per heavy atom. The number of hydrogen-bond donors (Lipinski definition) is 1. The molecule has 5 heterocycles. The molecule has 0 amide bonds. The van der Waals surface area contributed by atoms with Crippen LogP contribution in [0.1, 0.15) is 12.8 Å². The molecule has 2 saturated heterocycles. The first-order valence-electron chi connectivity index (χ1n) is 12.4. The minimum Gasteiger partial charge on any atom is -0.383 e. The van der Waals surface area contributed by atoms with Crippen LogP contribution in [0.3, 0.4) is 0 Å². The Balaban J connectivity index is 1.25. The Bertz CT molecular complexity index is 1440. The van der Waals surface area contributed by atoms with Crippen LogP contribution >= 0.6 is 15.9 Å². The molecule has 0 bridgehead atoms. The fourth-order valence-corrected chi connectivity index (χ4v) is 5.19. The first kappa shape index (κ1) is 23.7. The van der Waals surface area contributed by atoms with E-state index in [0.717, 1.165) is 90.3 Å². The molecule has 188 valence electrons. The second-order valence-corrected chi connectivity index (χ2v) is 10.1. The third kappa shape index (κ3) is 5.12. The van der Waals surface area contributed by atoms with Gasteiger partial charge in [-0.25, -0.2) is 19.9 Å². The first-order chi connectivity index (χ1) is 18.1. The number of hydrogen-bond acceptors (Lipinski definition) is 9. The predicted octanol–water partition coefficient (Wildman–Crippen LogP) is 4.39. The summed E-state index contributed by atoms with van der Waals surface area (Å²) in [6, 6.07) is 14.3. The van der Waals surface area contributed by atoms with Gasteiger partial charge in [0.05, 0.1) is 37.4 Å². The molecule has 0 spiro atoms. The third-order valence-electron chi connectivity index (χ3n) is 6.75. The van der Waals surface area contributed by atoms with Crippen LogP contribution in [-0.2, 0) is 4.74 Å². The molecule has 2 fully saturated rings. The Morgan fingerprint density at radius 3 is 2.51 bits per heavy atom. The molecular weight excluding hydrogens is 532 g/mol. The molecule has 0 saturated carbocycles. The van der Waals surface area contributed by atoms with Crippen molar-refractivity contribution in [3.63, 3.8) is 0 Å². The maximum absolute atomic E-state index is 6.25. The SMILES string of the molecule is Nc1ncnc2nc(-c3ccc(N4CCC(=NN5CCOCC5)CC4)nc3)cc(-c3cccc(Br)c3)c12. The van der Waals surface area contributed by atoms with Crippen LogP contribution in [0.2, 0.25) is 0 Å². The first-order valence-corrected chi connectivity index (χ1v) is 13.2. The Hall–Kier alpha value is -3.63. The number of piperidine rings is 1. The zero-order valence-electron chi connectivity index (χ0n) is 20.3. The summed E-state index contributed by atoms with van der Waals surface area (Å²) in [7, 11) is 0. The van der Waals surface area contributed by atoms with Gasteiger partial charge in [-0.2, -0.15) is 5.10 Å². The Morgan fingerprint density at radius 1 is 0.919 bits per heavy atom. The number of pyridine rings is 2. The summed E-state index contributed by atoms with van der Waals surface area (Å²) >= 11 is 3.57. The number of nitrogens with two attached hydrogens (primary N) is 1. The molecule has 3 aromatic heterocycles. The van der Waals surface area contributed by atoms with Crippen LogP contribution in [-0.4, -0.2) is 70.0 Å². The number of nitrogens with zero attached hydrogens (tertiary/aromatic N) is 7. The maximum Gasteiger partial charge on any atom is 0.165 e. The molecule has 0 unspecified atom stereocenters. The van der Waals surface area contributed by atoms with Gasteiger partial charge in [-0.15, -0.1) is 0 Å². The highest BCUT2D eigenvalue weighted by molar-refractivity contribution is 9.10. The highest BCUT2D eigenvalue weighted by Crippen LogP contribution is 2.34. The summed E-state index contributed by atoms with van der Waals surface area (Å²) in [5.41, 5.74) is 11.7. The van der Waals surface area contributed by atoms with Gasteiger partial charge < -0.3 is 15.4 Å². The van der Waals surface area contributed by atoms with Gasteiger partial charge in [0.25, 0.3) is 0 Å². The Kier molecular flexibility index (Phi) is 6.67. The number of rotatable bonds is 4. The topological polar surface area (TPSA) is 106 Å². The van der Waals surface area contributed by atoms with Crippen LogP contribution in [0.4, 0.5) is 11.6 Å². The van der Waals surface area contributed by atoms with Gasteiger partial charge in [0.2, 0.25) is 0 Å². The van der Waals surface area contributed by atoms with Gasteiger partial charge in [0.15, 0.2) is 5.65 Å². The van der Waals surface area contributed by atoms with E-state index in [1.165, 1.54) is 12.0 Å². The standard InChI is InChI=1S/C27H27BrN8O/c28-20-3-1-2-18(14-20)22-15-23(33-27-25(22)26(29)31-17-32-27)19-4-5-24(30-16-19)35-8-6-21(7-9-35)34-36-10-12-37-13-11-36/h1-5,14-17H,6-13H2,(H2,29,31,32,33). The van der Waals surface area contributed by atoms with Crippen molar-refractivity contribution in [2.75, 3.05) is 50.0 Å². The van der Waals surface area contributed by atoms with E-state index in [9.17, 15) is 0 Å². The smallest absolute Gasteiger partial charge is 0.165 e. The number of benzene rings is 1. The van der Waals surface area contributed by atoms with E-state index in [0.29, 0.717) is 11.5 Å². The monoisotopic (exact) mass is 558 g/mol. The van der Waals surface area contributed by atoms with Crippen molar-refractivity contribution < 1.29 is 4.74 Å². The third-order valence-corrected chi connectivity index (χ3v) is 7.24. The molecule has 0 radical (unpaired) electrons. The molecular formula is C27H27BrN8O. The van der Waals surface area contributed by atoms with Crippen LogP contribution in [0.5, 0.6) is 0 Å². The zero-order chi connectivity index (χ0) is 25.2. The zero-order valence-corrected chi connectivity index (χ0v) is 21.9. The van der Waals surface area contributed by atoms with E-state index >= 15 is 0 Å². The quantitative estimate of drug-likeness (QED) is 0.393. The number of nitrogen functional groups attached to an aromatic ring is 1. The van der Waals surface area contributed by atoms with Gasteiger partial charge in [-0.3, -0.25) is 5.01 Å². The summed E-state index contributed by atoms with van der Waals surface area (Å²) in [5, 5.41) is 7.72. The number of aromatic nitrogens is 4. The lowest BCUT2D eigenvalue weighted by atomic mass is 10.0. The number of fused-ring (bicyclic) bond motifs is 1. The van der Waals surface area contributed by atoms with Gasteiger partial charge in [0.1, 0.15) is 18.0 Å². The number of anilines is 2. The summed E-state index contributed by atoms with van der Waals surface area (Å²) in [4.78, 5) is 20.5. The molecule has 0 aliphatic carbocycles. The number of morpholine rings is 1. The van der Waals surface area contributed by atoms with E-state index in [2.05, 4.69) is 54.0 Å². The predicted molar refractivity (Wildman–Crippen MR) is 149 cm³/mol. The molecule has 0 atom stereocenters. The summed E-state index contributed by atoms with van der Waals surface area (Å²) in [6.45, 7) is 5.09. The van der Waals surface area contributed by atoms with Crippen LogP contribution in [0.15, 0.2) is 64.6 Å². The highest BCUT2D eigenvalue weighted by Gasteiger charge is 2.19. The molecule has 4 aromatic rings. The lowest BCUT2D eigenvalue weighted by Crippen LogP contribution is -2.37. The lowest BCUT2D eigenvalue weighted by Gasteiger charge is -2.31. The van der Waals surface area contributed by atoms with Crippen molar-refractivity contribution in [2.24, 2.45) is 5.10 Å². The van der Waals surface area contributed by atoms with Crippen molar-refractivity contribution in [2.45, 2.75) is 12.8 Å². The van der Waals surface area contributed by atoms with E-state index in [1.54, 1.807) is 0 Å². The molecule has 1 aromatic carbocycles. The lowest BCUT2D eigenvalue weighted by molar-refractivity contribution is 0.0391. The summed E-state index contributed by atoms with van der Waals surface area (Å²) < 4.78 is 6.40. The Labute approximate surface area is 223 Å². The van der Waals surface area contributed by atoms with Crippen molar-refractivity contribution in [3.8, 4) is 22.4 Å². The van der Waals surface area contributed by atoms with Crippen LogP contribution in [0, 0.1) is 0 Å². The van der Waals surface area contributed by atoms with Gasteiger partial charge in [-0.1, -0.05) is 28.1 Å². The second kappa shape index (κ2) is 10.4. The van der Waals surface area contributed by atoms with Gasteiger partial charge in [-0.05, 0) is 41.5 Å². The largest absolute Gasteiger partial charge is 0.383 e. The van der Waals surface area contributed by atoms with Crippen LogP contribution < -0.4 is 10.6 Å². The van der Waals surface area contributed by atoms with E-state index < -0.39 is 0 Å². The molecule has 2 N–H and O–H groups in total. The highest BCUT2D eigenvalue weighted by atomic mass is 79.9. The van der Waals surface area contributed by atoms with Gasteiger partial charge in [0, 0.05) is 47.9 Å². The number of halogens is 1. The number of hydrazone groups is 1. The second-order valence-electron chi connectivity index (χ2n) is 9.15. The van der Waals surface area contributed by atoms with Crippen molar-refractivity contribution >= 4 is 44.3 Å². The van der Waals surface area contributed by atoms with Crippen molar-refractivity contribution in [1.82, 2.24) is 24.9 Å². The fraction of sp³-hybridized carbons (Fsp3) is 0.296. The van der Waals surface area contributed by atoms with Crippen molar-refractivity contribution in [3.05, 3.63) is 59.5 Å². The van der Waals surface area contributed by atoms with Gasteiger partial charge >= 0.3 is 0 Å². The minimum absolute atomic E-state index is 0.411. The average Bonchev–Trinajstić information content (AvgIpc) is 2.94. The fourth-order valence-electron chi connectivity index (χ4n) is 4.79. The summed E-state index contributed by atoms with van der Waals surface area (Å²) in [6.07, 6.45) is 5.23. The normalized spacial score (nSPS) is 16.3. The van der Waals surface area contributed by atoms with E-state index in [-0.39, 0.29) is 0 Å². The molecule has 10 heteroatoms. The van der Waals surface area contributed by atoms with Crippen molar-refractivity contribution in [1.29, 1.82) is 0 Å². The van der Waals surface area contributed by atoms with E-state index in [4.69, 9.17) is 25.5 Å². The average molecular weight is 559 g/mol. The molecule has 2 aliphatic heterocycles. The molecule has 9 nitrogen and oxygen atoms in total. The van der Waals surface area contributed by atoms with Crippen LogP contribution in [0.25, 0.3) is 33.4 Å². The molecule has 2 aliphatic rings. The summed E-state index contributed by atoms with van der Waals surface area (Å²) in [5.74, 6) is 1.38. The molecule has 37 heavy (non-hydrogen) atoms. The molecule has 6 rings (SSSR count). The number of ether oxygens (including phenoxy) is 1.